The van der Waals surface area contributed by atoms with Crippen LogP contribution in [-0.4, -0.2) is 0 Å². The molecule has 0 radical (unpaired) electrons. The molecule has 0 bridgehead atoms. The standard InChI is InChI=1S/C22H17NS/c1-2-7-17(8-3-1)20-9-4-5-10-21(20)23-19-14-12-18(13-15-19)22-11-6-16-24-22/h1-16,23H. The minimum Gasteiger partial charge on any atom is -0.355 e. The van der Waals surface area contributed by atoms with Gasteiger partial charge in [0.2, 0.25) is 0 Å². The third kappa shape index (κ3) is 3.10. The summed E-state index contributed by atoms with van der Waals surface area (Å²) in [5, 5.41) is 5.66. The normalized spacial score (nSPS) is 10.5. The molecule has 0 unspecified atom stereocenters. The first-order valence-corrected chi connectivity index (χ1v) is 8.83. The van der Waals surface area contributed by atoms with Crippen molar-refractivity contribution in [3.63, 3.8) is 0 Å². The van der Waals surface area contributed by atoms with Crippen LogP contribution in [0.5, 0.6) is 0 Å². The molecule has 116 valence electrons. The lowest BCUT2D eigenvalue weighted by atomic mass is 10.0. The summed E-state index contributed by atoms with van der Waals surface area (Å²) in [7, 11) is 0. The van der Waals surface area contributed by atoms with Gasteiger partial charge >= 0.3 is 0 Å². The summed E-state index contributed by atoms with van der Waals surface area (Å²) < 4.78 is 0. The predicted molar refractivity (Wildman–Crippen MR) is 105 cm³/mol. The lowest BCUT2D eigenvalue weighted by Crippen LogP contribution is -1.93. The van der Waals surface area contributed by atoms with Gasteiger partial charge in [-0.1, -0.05) is 66.7 Å². The summed E-state index contributed by atoms with van der Waals surface area (Å²) in [5.41, 5.74) is 5.90. The monoisotopic (exact) mass is 327 g/mol. The molecule has 0 aliphatic carbocycles. The summed E-state index contributed by atoms with van der Waals surface area (Å²) in [6.07, 6.45) is 0. The van der Waals surface area contributed by atoms with E-state index in [1.807, 2.05) is 6.07 Å². The Morgan fingerprint density at radius 1 is 0.583 bits per heavy atom. The highest BCUT2D eigenvalue weighted by molar-refractivity contribution is 7.13. The van der Waals surface area contributed by atoms with Crippen molar-refractivity contribution in [2.24, 2.45) is 0 Å². The van der Waals surface area contributed by atoms with E-state index in [2.05, 4.69) is 95.6 Å². The van der Waals surface area contributed by atoms with Gasteiger partial charge in [-0.05, 0) is 40.8 Å². The summed E-state index contributed by atoms with van der Waals surface area (Å²) in [6.45, 7) is 0. The highest BCUT2D eigenvalue weighted by atomic mass is 32.1. The van der Waals surface area contributed by atoms with Gasteiger partial charge in [-0.15, -0.1) is 11.3 Å². The third-order valence-corrected chi connectivity index (χ3v) is 4.90. The molecule has 1 aromatic heterocycles. The van der Waals surface area contributed by atoms with Crippen LogP contribution in [0.1, 0.15) is 0 Å². The van der Waals surface area contributed by atoms with Crippen molar-refractivity contribution >= 4 is 22.7 Å². The number of thiophene rings is 1. The van der Waals surface area contributed by atoms with Crippen LogP contribution in [0.4, 0.5) is 11.4 Å². The Morgan fingerprint density at radius 3 is 2.08 bits per heavy atom. The Balaban J connectivity index is 1.62. The number of hydrogen-bond acceptors (Lipinski definition) is 2. The average molecular weight is 327 g/mol. The number of anilines is 2. The van der Waals surface area contributed by atoms with Crippen molar-refractivity contribution in [2.75, 3.05) is 5.32 Å². The van der Waals surface area contributed by atoms with Gasteiger partial charge in [-0.3, -0.25) is 0 Å². The second-order valence-corrected chi connectivity index (χ2v) is 6.54. The molecule has 1 heterocycles. The van der Waals surface area contributed by atoms with Crippen LogP contribution in [0.2, 0.25) is 0 Å². The molecule has 1 nitrogen and oxygen atoms in total. The van der Waals surface area contributed by atoms with Crippen molar-refractivity contribution in [1.82, 2.24) is 0 Å². The number of rotatable bonds is 4. The summed E-state index contributed by atoms with van der Waals surface area (Å²) in [5.74, 6) is 0. The van der Waals surface area contributed by atoms with E-state index in [1.54, 1.807) is 11.3 Å². The van der Waals surface area contributed by atoms with Crippen LogP contribution in [0.3, 0.4) is 0 Å². The quantitative estimate of drug-likeness (QED) is 0.433. The molecule has 0 fully saturated rings. The summed E-state index contributed by atoms with van der Waals surface area (Å²) >= 11 is 1.77. The molecule has 4 rings (SSSR count). The van der Waals surface area contributed by atoms with Crippen LogP contribution < -0.4 is 5.32 Å². The van der Waals surface area contributed by atoms with Crippen LogP contribution in [0.15, 0.2) is 96.4 Å². The SMILES string of the molecule is c1ccc(-c2ccccc2Nc2ccc(-c3cccs3)cc2)cc1. The molecular formula is C22H17NS. The molecule has 3 aromatic carbocycles. The van der Waals surface area contributed by atoms with Gasteiger partial charge in [0.1, 0.15) is 0 Å². The van der Waals surface area contributed by atoms with Crippen molar-refractivity contribution in [2.45, 2.75) is 0 Å². The van der Waals surface area contributed by atoms with E-state index in [1.165, 1.54) is 21.6 Å². The third-order valence-electron chi connectivity index (χ3n) is 3.98. The van der Waals surface area contributed by atoms with Crippen LogP contribution in [0, 0.1) is 0 Å². The smallest absolute Gasteiger partial charge is 0.0463 e. The van der Waals surface area contributed by atoms with Gasteiger partial charge in [-0.2, -0.15) is 0 Å². The van der Waals surface area contributed by atoms with Gasteiger partial charge in [-0.25, -0.2) is 0 Å². The zero-order valence-corrected chi connectivity index (χ0v) is 14.0. The van der Waals surface area contributed by atoms with Crippen LogP contribution in [-0.2, 0) is 0 Å². The van der Waals surface area contributed by atoms with Gasteiger partial charge in [0.15, 0.2) is 0 Å². The van der Waals surface area contributed by atoms with Crippen molar-refractivity contribution in [1.29, 1.82) is 0 Å². The molecule has 1 N–H and O–H groups in total. The number of hydrogen-bond donors (Lipinski definition) is 1. The maximum Gasteiger partial charge on any atom is 0.0463 e. The fourth-order valence-corrected chi connectivity index (χ4v) is 3.51. The molecule has 0 spiro atoms. The van der Waals surface area contributed by atoms with Gasteiger partial charge in [0.25, 0.3) is 0 Å². The number of para-hydroxylation sites is 1. The van der Waals surface area contributed by atoms with Crippen molar-refractivity contribution in [3.05, 3.63) is 96.4 Å². The summed E-state index contributed by atoms with van der Waals surface area (Å²) in [4.78, 5) is 1.30. The molecule has 2 heteroatoms. The molecule has 0 aliphatic rings. The molecule has 4 aromatic rings. The highest BCUT2D eigenvalue weighted by Crippen LogP contribution is 2.31. The molecular weight excluding hydrogens is 310 g/mol. The van der Waals surface area contributed by atoms with E-state index in [0.29, 0.717) is 0 Å². The summed E-state index contributed by atoms with van der Waals surface area (Å²) in [6, 6.07) is 31.7. The maximum atomic E-state index is 3.55. The average Bonchev–Trinajstić information content (AvgIpc) is 3.18. The van der Waals surface area contributed by atoms with E-state index in [9.17, 15) is 0 Å². The molecule has 0 saturated carbocycles. The fourth-order valence-electron chi connectivity index (χ4n) is 2.78. The topological polar surface area (TPSA) is 12.0 Å². The predicted octanol–water partition coefficient (Wildman–Crippen LogP) is 6.83. The molecule has 0 amide bonds. The Bertz CT molecular complexity index is 910. The molecule has 0 aliphatic heterocycles. The zero-order chi connectivity index (χ0) is 16.2. The second kappa shape index (κ2) is 6.73. The van der Waals surface area contributed by atoms with Crippen molar-refractivity contribution < 1.29 is 0 Å². The first kappa shape index (κ1) is 14.7. The van der Waals surface area contributed by atoms with E-state index in [4.69, 9.17) is 0 Å². The number of benzene rings is 3. The first-order chi connectivity index (χ1) is 11.9. The fraction of sp³-hybridized carbons (Fsp3) is 0. The van der Waals surface area contributed by atoms with E-state index in [-0.39, 0.29) is 0 Å². The number of nitrogens with one attached hydrogen (secondary N) is 1. The van der Waals surface area contributed by atoms with E-state index >= 15 is 0 Å². The van der Waals surface area contributed by atoms with E-state index in [0.717, 1.165) is 11.4 Å². The Hall–Kier alpha value is -2.84. The van der Waals surface area contributed by atoms with E-state index < -0.39 is 0 Å². The largest absolute Gasteiger partial charge is 0.355 e. The maximum absolute atomic E-state index is 3.55. The molecule has 0 atom stereocenters. The zero-order valence-electron chi connectivity index (χ0n) is 13.1. The second-order valence-electron chi connectivity index (χ2n) is 5.59. The van der Waals surface area contributed by atoms with Crippen molar-refractivity contribution in [3.8, 4) is 21.6 Å². The van der Waals surface area contributed by atoms with Gasteiger partial charge < -0.3 is 5.32 Å². The Morgan fingerprint density at radius 2 is 1.33 bits per heavy atom. The molecule has 0 saturated heterocycles. The minimum absolute atomic E-state index is 1.10. The lowest BCUT2D eigenvalue weighted by Gasteiger charge is -2.12. The lowest BCUT2D eigenvalue weighted by molar-refractivity contribution is 1.53. The Kier molecular flexibility index (Phi) is 4.13. The minimum atomic E-state index is 1.10. The Labute approximate surface area is 146 Å². The van der Waals surface area contributed by atoms with Crippen LogP contribution in [0.25, 0.3) is 21.6 Å². The highest BCUT2D eigenvalue weighted by Gasteiger charge is 2.05. The van der Waals surface area contributed by atoms with Gasteiger partial charge in [0.05, 0.1) is 0 Å². The first-order valence-electron chi connectivity index (χ1n) is 7.95. The van der Waals surface area contributed by atoms with Gasteiger partial charge in [0, 0.05) is 21.8 Å². The molecule has 24 heavy (non-hydrogen) atoms. The van der Waals surface area contributed by atoms with Crippen LogP contribution >= 0.6 is 11.3 Å².